The van der Waals surface area contributed by atoms with E-state index in [4.69, 9.17) is 0 Å². The number of ketones is 1. The molecule has 2 aliphatic rings. The maximum Gasteiger partial charge on any atom is 0.354 e. The number of benzene rings is 1. The molecule has 1 aromatic heterocycles. The van der Waals surface area contributed by atoms with Crippen LogP contribution >= 0.6 is 0 Å². The molecule has 0 saturated carbocycles. The van der Waals surface area contributed by atoms with E-state index in [0.29, 0.717) is 6.54 Å². The fourth-order valence-electron chi connectivity index (χ4n) is 4.06. The Hall–Kier alpha value is -2.52. The molecule has 3 unspecified atom stereocenters. The van der Waals surface area contributed by atoms with E-state index in [9.17, 15) is 23.1 Å². The zero-order valence-electron chi connectivity index (χ0n) is 13.9. The van der Waals surface area contributed by atoms with E-state index in [0.717, 1.165) is 11.8 Å². The Bertz CT molecular complexity index is 999. The van der Waals surface area contributed by atoms with Crippen LogP contribution < -0.4 is 0 Å². The van der Waals surface area contributed by atoms with E-state index in [-0.39, 0.29) is 29.2 Å². The van der Waals surface area contributed by atoms with Gasteiger partial charge >= 0.3 is 5.97 Å². The van der Waals surface area contributed by atoms with Gasteiger partial charge in [-0.3, -0.25) is 14.8 Å². The van der Waals surface area contributed by atoms with Crippen molar-refractivity contribution in [3.63, 3.8) is 0 Å². The van der Waals surface area contributed by atoms with Gasteiger partial charge in [-0.2, -0.15) is 5.10 Å². The Morgan fingerprint density at radius 3 is 2.65 bits per heavy atom. The molecular weight excluding hydrogens is 358 g/mol. The average Bonchev–Trinajstić information content (AvgIpc) is 3.13. The maximum absolute atomic E-state index is 12.9. The standard InChI is InChI=1S/C17H17N3O5S/c1-26(24,25)11-7-10-16(21)13-12(14(17(22)23)19-18-13)15(11)20(10)8-9-5-3-2-4-6-9/h2-6,10-11,15H,7-8H2,1H3,(H,18,19)(H,22,23). The number of carbonyl (C=O) groups is 2. The number of carboxylic acids is 1. The van der Waals surface area contributed by atoms with E-state index >= 15 is 0 Å². The van der Waals surface area contributed by atoms with Crippen molar-refractivity contribution >= 4 is 21.6 Å². The second-order valence-electron chi connectivity index (χ2n) is 6.75. The van der Waals surface area contributed by atoms with Crippen LogP contribution in [0.1, 0.15) is 44.6 Å². The Morgan fingerprint density at radius 2 is 2.04 bits per heavy atom. The third-order valence-corrected chi connectivity index (χ3v) is 6.72. The van der Waals surface area contributed by atoms with E-state index in [1.807, 2.05) is 30.3 Å². The highest BCUT2D eigenvalue weighted by Crippen LogP contribution is 2.47. The first kappa shape index (κ1) is 16.9. The molecule has 0 spiro atoms. The number of aromatic carboxylic acids is 1. The molecule has 0 radical (unpaired) electrons. The second-order valence-corrected chi connectivity index (χ2v) is 9.02. The summed E-state index contributed by atoms with van der Waals surface area (Å²) in [5, 5.41) is 14.9. The fourth-order valence-corrected chi connectivity index (χ4v) is 5.35. The zero-order valence-corrected chi connectivity index (χ0v) is 14.7. The third-order valence-electron chi connectivity index (χ3n) is 5.17. The van der Waals surface area contributed by atoms with Crippen molar-refractivity contribution in [2.24, 2.45) is 0 Å². The lowest BCUT2D eigenvalue weighted by Gasteiger charge is -2.34. The first-order valence-corrected chi connectivity index (χ1v) is 10.1. The van der Waals surface area contributed by atoms with E-state index < -0.39 is 33.1 Å². The largest absolute Gasteiger partial charge is 0.477 e. The van der Waals surface area contributed by atoms with Crippen LogP contribution in [0.3, 0.4) is 0 Å². The summed E-state index contributed by atoms with van der Waals surface area (Å²) in [7, 11) is -3.50. The summed E-state index contributed by atoms with van der Waals surface area (Å²) >= 11 is 0. The molecule has 3 atom stereocenters. The van der Waals surface area contributed by atoms with Crippen molar-refractivity contribution in [2.75, 3.05) is 6.26 Å². The zero-order chi connectivity index (χ0) is 18.6. The van der Waals surface area contributed by atoms with Crippen molar-refractivity contribution in [1.82, 2.24) is 15.1 Å². The Kier molecular flexibility index (Phi) is 3.74. The minimum atomic E-state index is -3.50. The minimum absolute atomic E-state index is 0.0489. The van der Waals surface area contributed by atoms with Crippen molar-refractivity contribution in [1.29, 1.82) is 0 Å². The summed E-state index contributed by atoms with van der Waals surface area (Å²) in [6.07, 6.45) is 1.27. The molecule has 136 valence electrons. The van der Waals surface area contributed by atoms with Crippen LogP contribution in [0.4, 0.5) is 0 Å². The molecule has 2 aliphatic heterocycles. The third kappa shape index (κ3) is 2.46. The molecular formula is C17H17N3O5S. The maximum atomic E-state index is 12.9. The minimum Gasteiger partial charge on any atom is -0.477 e. The molecule has 2 bridgehead atoms. The number of sulfone groups is 1. The van der Waals surface area contributed by atoms with Crippen LogP contribution in [-0.4, -0.2) is 57.9 Å². The number of hydrogen-bond donors (Lipinski definition) is 2. The molecule has 26 heavy (non-hydrogen) atoms. The van der Waals surface area contributed by atoms with Gasteiger partial charge in [0.05, 0.1) is 17.3 Å². The summed E-state index contributed by atoms with van der Waals surface area (Å²) < 4.78 is 24.8. The highest BCUT2D eigenvalue weighted by Gasteiger charge is 2.56. The number of fused-ring (bicyclic) bond motifs is 4. The van der Waals surface area contributed by atoms with Gasteiger partial charge in [0.2, 0.25) is 5.78 Å². The van der Waals surface area contributed by atoms with Gasteiger partial charge in [-0.05, 0) is 12.0 Å². The number of H-pyrrole nitrogens is 1. The summed E-state index contributed by atoms with van der Waals surface area (Å²) in [4.78, 5) is 26.3. The normalized spacial score (nSPS) is 25.3. The molecule has 2 N–H and O–H groups in total. The number of aromatic nitrogens is 2. The lowest BCUT2D eigenvalue weighted by molar-refractivity contribution is 0.0683. The molecule has 3 heterocycles. The van der Waals surface area contributed by atoms with Gasteiger partial charge in [0, 0.05) is 18.4 Å². The number of aromatic amines is 1. The van der Waals surface area contributed by atoms with Crippen molar-refractivity contribution in [3.05, 3.63) is 52.8 Å². The SMILES string of the molecule is CS(=O)(=O)C1CC2C(=O)c3n[nH]c(C(=O)O)c3C1N2Cc1ccccc1. The van der Waals surface area contributed by atoms with Gasteiger partial charge in [-0.25, -0.2) is 13.2 Å². The van der Waals surface area contributed by atoms with Gasteiger partial charge < -0.3 is 5.11 Å². The number of hydrogen-bond acceptors (Lipinski definition) is 6. The van der Waals surface area contributed by atoms with Gasteiger partial charge in [0.1, 0.15) is 11.4 Å². The molecule has 4 rings (SSSR count). The number of carbonyl (C=O) groups excluding carboxylic acids is 1. The molecule has 1 aromatic carbocycles. The van der Waals surface area contributed by atoms with Crippen LogP contribution in [0.2, 0.25) is 0 Å². The van der Waals surface area contributed by atoms with Gasteiger partial charge in [-0.15, -0.1) is 0 Å². The van der Waals surface area contributed by atoms with Crippen LogP contribution in [0, 0.1) is 0 Å². The molecule has 0 aliphatic carbocycles. The Balaban J connectivity index is 1.87. The summed E-state index contributed by atoms with van der Waals surface area (Å²) in [5.41, 5.74) is 0.939. The first-order valence-electron chi connectivity index (χ1n) is 8.13. The number of Topliss-reactive ketones (excluding diaryl/α,β-unsaturated/α-hetero) is 1. The molecule has 1 saturated heterocycles. The summed E-state index contributed by atoms with van der Waals surface area (Å²) in [6.45, 7) is 0.359. The monoisotopic (exact) mass is 375 g/mol. The van der Waals surface area contributed by atoms with Crippen LogP contribution in [-0.2, 0) is 16.4 Å². The predicted molar refractivity (Wildman–Crippen MR) is 91.6 cm³/mol. The molecule has 9 heteroatoms. The summed E-state index contributed by atoms with van der Waals surface area (Å²) in [6, 6.07) is 8.04. The molecule has 0 amide bonds. The van der Waals surface area contributed by atoms with E-state index in [1.165, 1.54) is 0 Å². The van der Waals surface area contributed by atoms with Crippen molar-refractivity contribution < 1.29 is 23.1 Å². The molecule has 8 nitrogen and oxygen atoms in total. The van der Waals surface area contributed by atoms with Crippen LogP contribution in [0.15, 0.2) is 30.3 Å². The topological polar surface area (TPSA) is 120 Å². The predicted octanol–water partition coefficient (Wildman–Crippen LogP) is 1.03. The highest BCUT2D eigenvalue weighted by molar-refractivity contribution is 7.91. The second kappa shape index (κ2) is 5.75. The number of nitrogens with zero attached hydrogens (tertiary/aromatic N) is 2. The van der Waals surface area contributed by atoms with Crippen LogP contribution in [0.25, 0.3) is 0 Å². The molecule has 2 aromatic rings. The van der Waals surface area contributed by atoms with Crippen LogP contribution in [0.5, 0.6) is 0 Å². The lowest BCUT2D eigenvalue weighted by Crippen LogP contribution is -2.43. The number of carboxylic acid groups (broad SMARTS) is 1. The van der Waals surface area contributed by atoms with Gasteiger partial charge in [-0.1, -0.05) is 30.3 Å². The smallest absolute Gasteiger partial charge is 0.354 e. The van der Waals surface area contributed by atoms with Crippen molar-refractivity contribution in [2.45, 2.75) is 30.3 Å². The number of rotatable bonds is 4. The Labute approximate surface area is 149 Å². The lowest BCUT2D eigenvalue weighted by atomic mass is 9.95. The van der Waals surface area contributed by atoms with E-state index in [2.05, 4.69) is 10.2 Å². The highest BCUT2D eigenvalue weighted by atomic mass is 32.2. The van der Waals surface area contributed by atoms with Gasteiger partial charge in [0.15, 0.2) is 9.84 Å². The summed E-state index contributed by atoms with van der Waals surface area (Å²) in [5.74, 6) is -1.59. The van der Waals surface area contributed by atoms with Crippen molar-refractivity contribution in [3.8, 4) is 0 Å². The number of nitrogens with one attached hydrogen (secondary N) is 1. The van der Waals surface area contributed by atoms with E-state index in [1.54, 1.807) is 4.90 Å². The molecule has 1 fully saturated rings. The quantitative estimate of drug-likeness (QED) is 0.819. The first-order chi connectivity index (χ1) is 12.3. The Morgan fingerprint density at radius 1 is 1.35 bits per heavy atom. The van der Waals surface area contributed by atoms with Gasteiger partial charge in [0.25, 0.3) is 0 Å². The fraction of sp³-hybridized carbons (Fsp3) is 0.353. The average molecular weight is 375 g/mol.